The number of amides is 1. The minimum Gasteiger partial charge on any atom is -0.495 e. The van der Waals surface area contributed by atoms with Gasteiger partial charge < -0.3 is 15.4 Å². The molecule has 0 saturated carbocycles. The highest BCUT2D eigenvalue weighted by atomic mass is 35.5. The monoisotopic (exact) mass is 417 g/mol. The van der Waals surface area contributed by atoms with E-state index < -0.39 is 0 Å². The number of anilines is 2. The quantitative estimate of drug-likeness (QED) is 0.430. The molecular formula is C24H20ClN3O2. The Balaban J connectivity index is 1.66. The Labute approximate surface area is 179 Å². The number of para-hydroxylation sites is 3. The van der Waals surface area contributed by atoms with E-state index in [0.717, 1.165) is 22.2 Å². The number of carbonyl (C=O) groups is 1. The second kappa shape index (κ2) is 8.84. The number of carbonyl (C=O) groups excluding carboxylic acids is 1. The van der Waals surface area contributed by atoms with Crippen molar-refractivity contribution in [3.8, 4) is 5.75 Å². The average molecular weight is 418 g/mol. The molecule has 1 amide bonds. The molecule has 1 heterocycles. The highest BCUT2D eigenvalue weighted by Crippen LogP contribution is 2.28. The molecule has 0 aliphatic carbocycles. The van der Waals surface area contributed by atoms with Crippen molar-refractivity contribution >= 4 is 39.9 Å². The number of benzene rings is 3. The van der Waals surface area contributed by atoms with Gasteiger partial charge in [0.15, 0.2) is 0 Å². The number of halogens is 1. The highest BCUT2D eigenvalue weighted by molar-refractivity contribution is 6.31. The lowest BCUT2D eigenvalue weighted by Gasteiger charge is -2.14. The number of nitrogens with zero attached hydrogens (tertiary/aromatic N) is 1. The van der Waals surface area contributed by atoms with E-state index in [1.807, 2.05) is 66.7 Å². The van der Waals surface area contributed by atoms with Gasteiger partial charge in [0.1, 0.15) is 11.6 Å². The zero-order valence-corrected chi connectivity index (χ0v) is 17.1. The third-order valence-electron chi connectivity index (χ3n) is 4.73. The molecule has 1 aromatic heterocycles. The van der Waals surface area contributed by atoms with E-state index in [2.05, 4.69) is 15.6 Å². The Bertz CT molecular complexity index is 1210. The summed E-state index contributed by atoms with van der Waals surface area (Å²) in [6.07, 6.45) is 0. The fraction of sp³-hybridized carbons (Fsp3) is 0.0833. The van der Waals surface area contributed by atoms with Crippen molar-refractivity contribution in [3.05, 3.63) is 95.0 Å². The van der Waals surface area contributed by atoms with Crippen molar-refractivity contribution < 1.29 is 9.53 Å². The molecule has 0 spiro atoms. The predicted molar refractivity (Wildman–Crippen MR) is 121 cm³/mol. The second-order valence-electron chi connectivity index (χ2n) is 6.67. The lowest BCUT2D eigenvalue weighted by atomic mass is 10.1. The number of pyridine rings is 1. The normalized spacial score (nSPS) is 10.6. The fourth-order valence-corrected chi connectivity index (χ4v) is 3.43. The van der Waals surface area contributed by atoms with Gasteiger partial charge in [0.25, 0.3) is 5.91 Å². The summed E-state index contributed by atoms with van der Waals surface area (Å²) in [6, 6.07) is 24.3. The lowest BCUT2D eigenvalue weighted by molar-refractivity contribution is 0.0952. The van der Waals surface area contributed by atoms with Gasteiger partial charge in [0.2, 0.25) is 0 Å². The minimum atomic E-state index is -0.198. The first kappa shape index (κ1) is 19.7. The average Bonchev–Trinajstić information content (AvgIpc) is 2.78. The van der Waals surface area contributed by atoms with Crippen LogP contribution in [0.3, 0.4) is 0 Å². The molecule has 150 valence electrons. The third-order valence-corrected chi connectivity index (χ3v) is 5.10. The number of aromatic nitrogens is 1. The summed E-state index contributed by atoms with van der Waals surface area (Å²) in [5.74, 6) is 1.05. The summed E-state index contributed by atoms with van der Waals surface area (Å²) in [6.45, 7) is 0.338. The molecule has 0 atom stereocenters. The Kier molecular flexibility index (Phi) is 5.82. The molecule has 0 unspecified atom stereocenters. The van der Waals surface area contributed by atoms with Gasteiger partial charge in [-0.25, -0.2) is 4.98 Å². The van der Waals surface area contributed by atoms with Gasteiger partial charge in [-0.05, 0) is 35.9 Å². The van der Waals surface area contributed by atoms with Gasteiger partial charge >= 0.3 is 0 Å². The first-order chi connectivity index (χ1) is 14.7. The minimum absolute atomic E-state index is 0.198. The largest absolute Gasteiger partial charge is 0.495 e. The van der Waals surface area contributed by atoms with Crippen LogP contribution in [0.15, 0.2) is 78.9 Å². The Hall–Kier alpha value is -3.57. The second-order valence-corrected chi connectivity index (χ2v) is 7.08. The van der Waals surface area contributed by atoms with E-state index in [0.29, 0.717) is 28.7 Å². The van der Waals surface area contributed by atoms with Crippen LogP contribution in [0.1, 0.15) is 15.9 Å². The predicted octanol–water partition coefficient (Wildman–Crippen LogP) is 5.57. The standard InChI is InChI=1S/C24H20ClN3O2/c1-30-22-13-7-6-12-21(22)28-23-14-18(17-9-3-5-11-20(17)27-23)24(29)26-15-16-8-2-4-10-19(16)25/h2-14H,15H2,1H3,(H,26,29)(H,27,28). The molecule has 3 aromatic carbocycles. The van der Waals surface area contributed by atoms with Crippen molar-refractivity contribution in [2.75, 3.05) is 12.4 Å². The van der Waals surface area contributed by atoms with Crippen LogP contribution in [-0.2, 0) is 6.54 Å². The van der Waals surface area contributed by atoms with E-state index in [9.17, 15) is 4.79 Å². The first-order valence-electron chi connectivity index (χ1n) is 9.47. The van der Waals surface area contributed by atoms with Gasteiger partial charge in [-0.3, -0.25) is 4.79 Å². The van der Waals surface area contributed by atoms with Crippen molar-refractivity contribution in [2.24, 2.45) is 0 Å². The van der Waals surface area contributed by atoms with E-state index in [1.54, 1.807) is 19.2 Å². The molecule has 0 bridgehead atoms. The smallest absolute Gasteiger partial charge is 0.252 e. The van der Waals surface area contributed by atoms with Crippen LogP contribution >= 0.6 is 11.6 Å². The molecule has 6 heteroatoms. The van der Waals surface area contributed by atoms with Gasteiger partial charge in [0.05, 0.1) is 23.9 Å². The molecular weight excluding hydrogens is 398 g/mol. The van der Waals surface area contributed by atoms with Crippen molar-refractivity contribution in [2.45, 2.75) is 6.54 Å². The molecule has 0 aliphatic rings. The molecule has 2 N–H and O–H groups in total. The van der Waals surface area contributed by atoms with E-state index >= 15 is 0 Å². The van der Waals surface area contributed by atoms with Crippen molar-refractivity contribution in [3.63, 3.8) is 0 Å². The number of hydrogen-bond acceptors (Lipinski definition) is 4. The molecule has 4 aromatic rings. The van der Waals surface area contributed by atoms with Crippen LogP contribution in [0, 0.1) is 0 Å². The number of fused-ring (bicyclic) bond motifs is 1. The summed E-state index contributed by atoms with van der Waals surface area (Å²) in [5.41, 5.74) is 2.88. The van der Waals surface area contributed by atoms with Crippen LogP contribution in [0.2, 0.25) is 5.02 Å². The van der Waals surface area contributed by atoms with Crippen LogP contribution in [0.25, 0.3) is 10.9 Å². The summed E-state index contributed by atoms with van der Waals surface area (Å²) < 4.78 is 5.40. The van der Waals surface area contributed by atoms with E-state index in [1.165, 1.54) is 0 Å². The SMILES string of the molecule is COc1ccccc1Nc1cc(C(=O)NCc2ccccc2Cl)c2ccccc2n1. The van der Waals surface area contributed by atoms with Crippen LogP contribution in [-0.4, -0.2) is 18.0 Å². The first-order valence-corrected chi connectivity index (χ1v) is 9.85. The van der Waals surface area contributed by atoms with Gasteiger partial charge in [0, 0.05) is 17.0 Å². The molecule has 0 fully saturated rings. The maximum atomic E-state index is 13.0. The number of rotatable bonds is 6. The number of ether oxygens (including phenoxy) is 1. The van der Waals surface area contributed by atoms with Crippen LogP contribution in [0.4, 0.5) is 11.5 Å². The summed E-state index contributed by atoms with van der Waals surface area (Å²) >= 11 is 6.21. The van der Waals surface area contributed by atoms with Crippen molar-refractivity contribution in [1.29, 1.82) is 0 Å². The zero-order valence-electron chi connectivity index (χ0n) is 16.4. The summed E-state index contributed by atoms with van der Waals surface area (Å²) in [7, 11) is 1.61. The zero-order chi connectivity index (χ0) is 20.9. The molecule has 0 saturated heterocycles. The number of hydrogen-bond donors (Lipinski definition) is 2. The van der Waals surface area contributed by atoms with Gasteiger partial charge in [-0.2, -0.15) is 0 Å². The number of nitrogens with one attached hydrogen (secondary N) is 2. The lowest BCUT2D eigenvalue weighted by Crippen LogP contribution is -2.23. The molecule has 4 rings (SSSR count). The number of methoxy groups -OCH3 is 1. The van der Waals surface area contributed by atoms with Gasteiger partial charge in [-0.15, -0.1) is 0 Å². The van der Waals surface area contributed by atoms with Crippen molar-refractivity contribution in [1.82, 2.24) is 10.3 Å². The summed E-state index contributed by atoms with van der Waals surface area (Å²) in [4.78, 5) is 17.7. The Morgan fingerprint density at radius 3 is 2.57 bits per heavy atom. The molecule has 30 heavy (non-hydrogen) atoms. The Morgan fingerprint density at radius 2 is 1.73 bits per heavy atom. The van der Waals surface area contributed by atoms with Crippen LogP contribution < -0.4 is 15.4 Å². The highest BCUT2D eigenvalue weighted by Gasteiger charge is 2.14. The van der Waals surface area contributed by atoms with Crippen LogP contribution in [0.5, 0.6) is 5.75 Å². The van der Waals surface area contributed by atoms with E-state index in [4.69, 9.17) is 16.3 Å². The third kappa shape index (κ3) is 4.21. The van der Waals surface area contributed by atoms with E-state index in [-0.39, 0.29) is 5.91 Å². The fourth-order valence-electron chi connectivity index (χ4n) is 3.23. The molecule has 5 nitrogen and oxygen atoms in total. The maximum Gasteiger partial charge on any atom is 0.252 e. The summed E-state index contributed by atoms with van der Waals surface area (Å²) in [5, 5.41) is 7.61. The molecule has 0 aliphatic heterocycles. The molecule has 0 radical (unpaired) electrons. The maximum absolute atomic E-state index is 13.0. The topological polar surface area (TPSA) is 63.2 Å². The van der Waals surface area contributed by atoms with Gasteiger partial charge in [-0.1, -0.05) is 60.1 Å². The Morgan fingerprint density at radius 1 is 1.00 bits per heavy atom.